The zero-order valence-corrected chi connectivity index (χ0v) is 14.0. The Morgan fingerprint density at radius 2 is 1.83 bits per heavy atom. The van der Waals surface area contributed by atoms with Gasteiger partial charge in [-0.15, -0.1) is 0 Å². The summed E-state index contributed by atoms with van der Waals surface area (Å²) in [6.45, 7) is 0. The predicted octanol–water partition coefficient (Wildman–Crippen LogP) is 3.87. The number of aromatic nitrogens is 1. The van der Waals surface area contributed by atoms with Crippen LogP contribution in [0.2, 0.25) is 0 Å². The van der Waals surface area contributed by atoms with Crippen molar-refractivity contribution < 1.29 is 4.79 Å². The van der Waals surface area contributed by atoms with Crippen molar-refractivity contribution in [2.24, 2.45) is 0 Å². The van der Waals surface area contributed by atoms with E-state index in [-0.39, 0.29) is 5.91 Å². The number of carbonyl (C=O) groups is 1. The summed E-state index contributed by atoms with van der Waals surface area (Å²) in [6, 6.07) is 18.3. The second-order valence-corrected chi connectivity index (χ2v) is 6.03. The molecule has 0 bridgehead atoms. The Kier molecular flexibility index (Phi) is 4.75. The van der Waals surface area contributed by atoms with Crippen LogP contribution >= 0.6 is 0 Å². The number of carbonyl (C=O) groups excluding carboxylic acids is 1. The Morgan fingerprint density at radius 1 is 1.04 bits per heavy atom. The van der Waals surface area contributed by atoms with Crippen LogP contribution in [0.5, 0.6) is 0 Å². The van der Waals surface area contributed by atoms with Gasteiger partial charge in [-0.05, 0) is 34.9 Å². The molecule has 0 aliphatic rings. The maximum Gasteiger partial charge on any atom is 0.225 e. The van der Waals surface area contributed by atoms with Crippen LogP contribution in [0.1, 0.15) is 12.0 Å². The molecule has 0 unspecified atom stereocenters. The summed E-state index contributed by atoms with van der Waals surface area (Å²) >= 11 is 0. The molecule has 0 atom stereocenters. The number of benzene rings is 2. The number of aryl methyl sites for hydroxylation is 1. The molecule has 0 radical (unpaired) electrons. The van der Waals surface area contributed by atoms with Gasteiger partial charge in [0, 0.05) is 20.5 Å². The molecule has 0 spiro atoms. The Hall–Kier alpha value is -2.88. The zero-order valence-electron chi connectivity index (χ0n) is 14.0. The summed E-state index contributed by atoms with van der Waals surface area (Å²) in [5.74, 6) is 0.567. The van der Waals surface area contributed by atoms with E-state index >= 15 is 0 Å². The Morgan fingerprint density at radius 3 is 2.54 bits per heavy atom. The van der Waals surface area contributed by atoms with Gasteiger partial charge in [0.15, 0.2) is 0 Å². The lowest BCUT2D eigenvalue weighted by atomic mass is 10.0. The zero-order chi connectivity index (χ0) is 16.9. The highest BCUT2D eigenvalue weighted by Crippen LogP contribution is 2.17. The van der Waals surface area contributed by atoms with Gasteiger partial charge in [-0.25, -0.2) is 4.98 Å². The average molecular weight is 319 g/mol. The summed E-state index contributed by atoms with van der Waals surface area (Å²) < 4.78 is 0. The third-order valence-corrected chi connectivity index (χ3v) is 3.99. The van der Waals surface area contributed by atoms with Crippen molar-refractivity contribution in [3.8, 4) is 0 Å². The highest BCUT2D eigenvalue weighted by atomic mass is 16.1. The van der Waals surface area contributed by atoms with E-state index in [4.69, 9.17) is 0 Å². The number of pyridine rings is 1. The van der Waals surface area contributed by atoms with Crippen molar-refractivity contribution in [3.63, 3.8) is 0 Å². The molecule has 0 saturated carbocycles. The molecule has 2 aromatic carbocycles. The molecular formula is C20H21N3O. The first-order valence-corrected chi connectivity index (χ1v) is 8.03. The largest absolute Gasteiger partial charge is 0.376 e. The number of hydrogen-bond acceptors (Lipinski definition) is 3. The SMILES string of the molecule is CN(C)c1ccc(NC(=O)CCc2ccc3ccccc3c2)nc1. The Bertz CT molecular complexity index is 841. The summed E-state index contributed by atoms with van der Waals surface area (Å²) in [5.41, 5.74) is 2.17. The van der Waals surface area contributed by atoms with E-state index < -0.39 is 0 Å². The quantitative estimate of drug-likeness (QED) is 0.776. The maximum absolute atomic E-state index is 12.1. The van der Waals surface area contributed by atoms with E-state index in [0.29, 0.717) is 18.7 Å². The van der Waals surface area contributed by atoms with Crippen molar-refractivity contribution in [3.05, 3.63) is 66.4 Å². The van der Waals surface area contributed by atoms with Crippen LogP contribution in [0.15, 0.2) is 60.8 Å². The number of rotatable bonds is 5. The van der Waals surface area contributed by atoms with Crippen molar-refractivity contribution in [1.29, 1.82) is 0 Å². The highest BCUT2D eigenvalue weighted by Gasteiger charge is 2.05. The lowest BCUT2D eigenvalue weighted by Crippen LogP contribution is -2.14. The summed E-state index contributed by atoms with van der Waals surface area (Å²) in [6.07, 6.45) is 2.90. The van der Waals surface area contributed by atoms with E-state index in [1.807, 2.05) is 43.3 Å². The van der Waals surface area contributed by atoms with Crippen LogP contribution in [0.4, 0.5) is 11.5 Å². The number of fused-ring (bicyclic) bond motifs is 1. The van der Waals surface area contributed by atoms with Gasteiger partial charge in [-0.3, -0.25) is 4.79 Å². The molecule has 1 heterocycles. The Balaban J connectivity index is 1.58. The standard InChI is InChI=1S/C20H21N3O/c1-23(2)18-10-11-19(21-14-18)22-20(24)12-8-15-7-9-16-5-3-4-6-17(16)13-15/h3-7,9-11,13-14H,8,12H2,1-2H3,(H,21,22,24). The molecule has 3 aromatic rings. The molecule has 0 aliphatic heterocycles. The van der Waals surface area contributed by atoms with Gasteiger partial charge < -0.3 is 10.2 Å². The van der Waals surface area contributed by atoms with Gasteiger partial charge in [0.25, 0.3) is 0 Å². The molecule has 0 aliphatic carbocycles. The van der Waals surface area contributed by atoms with Crippen LogP contribution in [-0.2, 0) is 11.2 Å². The molecule has 0 fully saturated rings. The monoisotopic (exact) mass is 319 g/mol. The number of nitrogens with one attached hydrogen (secondary N) is 1. The van der Waals surface area contributed by atoms with E-state index in [1.165, 1.54) is 16.3 Å². The number of hydrogen-bond donors (Lipinski definition) is 1. The molecule has 1 aromatic heterocycles. The van der Waals surface area contributed by atoms with E-state index in [9.17, 15) is 4.79 Å². The van der Waals surface area contributed by atoms with Gasteiger partial charge in [-0.1, -0.05) is 42.5 Å². The van der Waals surface area contributed by atoms with Gasteiger partial charge >= 0.3 is 0 Å². The molecule has 3 rings (SSSR count). The highest BCUT2D eigenvalue weighted by molar-refractivity contribution is 5.90. The molecule has 24 heavy (non-hydrogen) atoms. The second-order valence-electron chi connectivity index (χ2n) is 6.03. The van der Waals surface area contributed by atoms with Gasteiger partial charge in [0.05, 0.1) is 11.9 Å². The van der Waals surface area contributed by atoms with Crippen LogP contribution in [0, 0.1) is 0 Å². The fraction of sp³-hybridized carbons (Fsp3) is 0.200. The van der Waals surface area contributed by atoms with E-state index in [1.54, 1.807) is 6.20 Å². The van der Waals surface area contributed by atoms with Crippen LogP contribution in [-0.4, -0.2) is 25.0 Å². The van der Waals surface area contributed by atoms with Crippen molar-refractivity contribution in [2.45, 2.75) is 12.8 Å². The second kappa shape index (κ2) is 7.13. The first kappa shape index (κ1) is 16.0. The minimum absolute atomic E-state index is 0.0201. The topological polar surface area (TPSA) is 45.2 Å². The third kappa shape index (κ3) is 3.90. The molecule has 4 nitrogen and oxygen atoms in total. The normalized spacial score (nSPS) is 10.6. The lowest BCUT2D eigenvalue weighted by molar-refractivity contribution is -0.116. The van der Waals surface area contributed by atoms with E-state index in [0.717, 1.165) is 5.69 Å². The van der Waals surface area contributed by atoms with Crippen molar-refractivity contribution in [1.82, 2.24) is 4.98 Å². The fourth-order valence-electron chi connectivity index (χ4n) is 2.58. The molecule has 1 N–H and O–H groups in total. The summed E-state index contributed by atoms with van der Waals surface area (Å²) in [5, 5.41) is 5.27. The van der Waals surface area contributed by atoms with E-state index in [2.05, 4.69) is 40.6 Å². The number of nitrogens with zero attached hydrogens (tertiary/aromatic N) is 2. The van der Waals surface area contributed by atoms with Crippen LogP contribution < -0.4 is 10.2 Å². The number of anilines is 2. The summed E-state index contributed by atoms with van der Waals surface area (Å²) in [7, 11) is 3.91. The van der Waals surface area contributed by atoms with Crippen LogP contribution in [0.25, 0.3) is 10.8 Å². The molecule has 4 heteroatoms. The molecule has 1 amide bonds. The van der Waals surface area contributed by atoms with Crippen molar-refractivity contribution in [2.75, 3.05) is 24.3 Å². The van der Waals surface area contributed by atoms with Gasteiger partial charge in [-0.2, -0.15) is 0 Å². The average Bonchev–Trinajstić information content (AvgIpc) is 2.60. The van der Waals surface area contributed by atoms with Crippen molar-refractivity contribution >= 4 is 28.2 Å². The Labute approximate surface area is 142 Å². The smallest absolute Gasteiger partial charge is 0.225 e. The molecular weight excluding hydrogens is 298 g/mol. The molecule has 0 saturated heterocycles. The first-order chi connectivity index (χ1) is 11.6. The van der Waals surface area contributed by atoms with Gasteiger partial charge in [0.2, 0.25) is 5.91 Å². The van der Waals surface area contributed by atoms with Gasteiger partial charge in [0.1, 0.15) is 5.82 Å². The maximum atomic E-state index is 12.1. The third-order valence-electron chi connectivity index (χ3n) is 3.99. The number of amides is 1. The minimum Gasteiger partial charge on any atom is -0.376 e. The predicted molar refractivity (Wildman–Crippen MR) is 99.5 cm³/mol. The molecule has 122 valence electrons. The summed E-state index contributed by atoms with van der Waals surface area (Å²) in [4.78, 5) is 18.3. The first-order valence-electron chi connectivity index (χ1n) is 8.03. The fourth-order valence-corrected chi connectivity index (χ4v) is 2.58. The van der Waals surface area contributed by atoms with Crippen LogP contribution in [0.3, 0.4) is 0 Å². The lowest BCUT2D eigenvalue weighted by Gasteiger charge is -2.12. The minimum atomic E-state index is -0.0201.